The summed E-state index contributed by atoms with van der Waals surface area (Å²) in [5.74, 6) is 0.761. The first kappa shape index (κ1) is 11.9. The number of fused-ring (bicyclic) bond motifs is 1. The molecule has 2 aromatic rings. The van der Waals surface area contributed by atoms with Crippen molar-refractivity contribution in [1.29, 1.82) is 0 Å². The molecule has 4 heteroatoms. The lowest BCUT2D eigenvalue weighted by Gasteiger charge is -2.07. The predicted octanol–water partition coefficient (Wildman–Crippen LogP) is 3.70. The van der Waals surface area contributed by atoms with Crippen molar-refractivity contribution in [2.24, 2.45) is 0 Å². The lowest BCUT2D eigenvalue weighted by atomic mass is 10.2. The summed E-state index contributed by atoms with van der Waals surface area (Å²) >= 11 is 0. The highest BCUT2D eigenvalue weighted by Crippen LogP contribution is 2.27. The fourth-order valence-electron chi connectivity index (χ4n) is 1.84. The van der Waals surface area contributed by atoms with Gasteiger partial charge in [0, 0.05) is 11.6 Å². The molecule has 17 heavy (non-hydrogen) atoms. The predicted molar refractivity (Wildman–Crippen MR) is 63.7 cm³/mol. The maximum absolute atomic E-state index is 12.4. The molecule has 2 nitrogen and oxygen atoms in total. The van der Waals surface area contributed by atoms with Gasteiger partial charge in [0.05, 0.1) is 18.7 Å². The fourth-order valence-corrected chi connectivity index (χ4v) is 1.84. The van der Waals surface area contributed by atoms with Gasteiger partial charge in [-0.25, -0.2) is 8.78 Å². The zero-order valence-electron chi connectivity index (χ0n) is 9.70. The van der Waals surface area contributed by atoms with Gasteiger partial charge < -0.3 is 9.30 Å². The minimum Gasteiger partial charge on any atom is -0.493 e. The Morgan fingerprint density at radius 3 is 2.82 bits per heavy atom. The number of hydrogen-bond acceptors (Lipinski definition) is 1. The van der Waals surface area contributed by atoms with Crippen molar-refractivity contribution in [3.63, 3.8) is 0 Å². The first-order valence-electron chi connectivity index (χ1n) is 5.71. The number of rotatable bonds is 5. The smallest absolute Gasteiger partial charge is 0.256 e. The van der Waals surface area contributed by atoms with Crippen LogP contribution < -0.4 is 4.74 Å². The van der Waals surface area contributed by atoms with E-state index in [4.69, 9.17) is 4.74 Å². The van der Waals surface area contributed by atoms with Crippen LogP contribution in [0.25, 0.3) is 10.9 Å². The standard InChI is InChI=1S/C13H15F2NO/c1-2-8-17-12-5-3-4-11-10(12)6-7-16(11)9-13(14)15/h3-7,13H,2,8-9H2,1H3. The van der Waals surface area contributed by atoms with E-state index in [1.807, 2.05) is 31.2 Å². The average Bonchev–Trinajstić information content (AvgIpc) is 2.70. The summed E-state index contributed by atoms with van der Waals surface area (Å²) in [7, 11) is 0. The third-order valence-electron chi connectivity index (χ3n) is 2.57. The van der Waals surface area contributed by atoms with Gasteiger partial charge in [0.25, 0.3) is 6.43 Å². The molecule has 0 saturated carbocycles. The molecular formula is C13H15F2NO. The fraction of sp³-hybridized carbons (Fsp3) is 0.385. The molecule has 0 saturated heterocycles. The number of aromatic nitrogens is 1. The minimum atomic E-state index is -2.34. The molecule has 0 N–H and O–H groups in total. The highest BCUT2D eigenvalue weighted by molar-refractivity contribution is 5.86. The summed E-state index contributed by atoms with van der Waals surface area (Å²) in [6.07, 6.45) is 0.259. The van der Waals surface area contributed by atoms with Crippen LogP contribution in [0.1, 0.15) is 13.3 Å². The van der Waals surface area contributed by atoms with Crippen molar-refractivity contribution in [2.45, 2.75) is 26.3 Å². The van der Waals surface area contributed by atoms with Crippen LogP contribution in [0.2, 0.25) is 0 Å². The van der Waals surface area contributed by atoms with Gasteiger partial charge in [-0.3, -0.25) is 0 Å². The molecular weight excluding hydrogens is 224 g/mol. The minimum absolute atomic E-state index is 0.277. The summed E-state index contributed by atoms with van der Waals surface area (Å²) in [4.78, 5) is 0. The van der Waals surface area contributed by atoms with Crippen molar-refractivity contribution >= 4 is 10.9 Å². The quantitative estimate of drug-likeness (QED) is 0.776. The molecule has 0 bridgehead atoms. The Morgan fingerprint density at radius 1 is 1.29 bits per heavy atom. The topological polar surface area (TPSA) is 14.2 Å². The molecule has 1 aromatic carbocycles. The van der Waals surface area contributed by atoms with E-state index in [9.17, 15) is 8.78 Å². The van der Waals surface area contributed by atoms with Gasteiger partial charge >= 0.3 is 0 Å². The highest BCUT2D eigenvalue weighted by atomic mass is 19.3. The molecule has 1 heterocycles. The molecule has 1 aromatic heterocycles. The van der Waals surface area contributed by atoms with E-state index in [1.54, 1.807) is 10.8 Å². The van der Waals surface area contributed by atoms with Gasteiger partial charge in [0.1, 0.15) is 5.75 Å². The largest absolute Gasteiger partial charge is 0.493 e. The zero-order valence-corrected chi connectivity index (χ0v) is 9.70. The van der Waals surface area contributed by atoms with Crippen LogP contribution in [-0.4, -0.2) is 17.6 Å². The molecule has 0 atom stereocenters. The van der Waals surface area contributed by atoms with Crippen molar-refractivity contribution in [3.05, 3.63) is 30.5 Å². The third-order valence-corrected chi connectivity index (χ3v) is 2.57. The normalized spacial score (nSPS) is 11.3. The van der Waals surface area contributed by atoms with Crippen molar-refractivity contribution < 1.29 is 13.5 Å². The Kier molecular flexibility index (Phi) is 3.61. The molecule has 2 rings (SSSR count). The van der Waals surface area contributed by atoms with Gasteiger partial charge in [-0.1, -0.05) is 13.0 Å². The van der Waals surface area contributed by atoms with E-state index in [1.165, 1.54) is 0 Å². The van der Waals surface area contributed by atoms with E-state index >= 15 is 0 Å². The van der Waals surface area contributed by atoms with Crippen LogP contribution in [0.3, 0.4) is 0 Å². The number of benzene rings is 1. The summed E-state index contributed by atoms with van der Waals surface area (Å²) in [5.41, 5.74) is 0.791. The number of hydrogen-bond donors (Lipinski definition) is 0. The lowest BCUT2D eigenvalue weighted by molar-refractivity contribution is 0.128. The molecule has 0 aliphatic rings. The van der Waals surface area contributed by atoms with Crippen molar-refractivity contribution in [2.75, 3.05) is 6.61 Å². The number of halogens is 2. The molecule has 0 radical (unpaired) electrons. The van der Waals surface area contributed by atoms with Crippen LogP contribution in [0, 0.1) is 0 Å². The van der Waals surface area contributed by atoms with Crippen LogP contribution >= 0.6 is 0 Å². The van der Waals surface area contributed by atoms with Crippen LogP contribution in [0.4, 0.5) is 8.78 Å². The SMILES string of the molecule is CCCOc1cccc2c1ccn2CC(F)F. The summed E-state index contributed by atoms with van der Waals surface area (Å²) in [6, 6.07) is 7.35. The molecule has 0 fully saturated rings. The maximum Gasteiger partial charge on any atom is 0.256 e. The number of ether oxygens (including phenoxy) is 1. The van der Waals surface area contributed by atoms with Crippen molar-refractivity contribution in [3.8, 4) is 5.75 Å². The Balaban J connectivity index is 2.35. The Hall–Kier alpha value is -1.58. The van der Waals surface area contributed by atoms with E-state index in [2.05, 4.69) is 0 Å². The van der Waals surface area contributed by atoms with E-state index in [-0.39, 0.29) is 6.54 Å². The van der Waals surface area contributed by atoms with Gasteiger partial charge in [0.15, 0.2) is 0 Å². The maximum atomic E-state index is 12.4. The number of nitrogens with zero attached hydrogens (tertiary/aromatic N) is 1. The van der Waals surface area contributed by atoms with Crippen LogP contribution in [0.5, 0.6) is 5.75 Å². The van der Waals surface area contributed by atoms with Gasteiger partial charge in [-0.15, -0.1) is 0 Å². The number of alkyl halides is 2. The summed E-state index contributed by atoms with van der Waals surface area (Å²) in [6.45, 7) is 2.39. The van der Waals surface area contributed by atoms with Crippen LogP contribution in [-0.2, 0) is 6.54 Å². The molecule has 0 unspecified atom stereocenters. The van der Waals surface area contributed by atoms with Crippen LogP contribution in [0.15, 0.2) is 30.5 Å². The molecule has 0 aliphatic carbocycles. The Morgan fingerprint density at radius 2 is 2.12 bits per heavy atom. The molecule has 0 aliphatic heterocycles. The summed E-state index contributed by atoms with van der Waals surface area (Å²) < 4.78 is 31.9. The van der Waals surface area contributed by atoms with E-state index in [0.717, 1.165) is 23.1 Å². The van der Waals surface area contributed by atoms with Gasteiger partial charge in [-0.05, 0) is 24.6 Å². The zero-order chi connectivity index (χ0) is 12.3. The first-order chi connectivity index (χ1) is 8.22. The first-order valence-corrected chi connectivity index (χ1v) is 5.71. The third kappa shape index (κ3) is 2.57. The van der Waals surface area contributed by atoms with E-state index in [0.29, 0.717) is 6.61 Å². The molecule has 92 valence electrons. The summed E-state index contributed by atoms with van der Waals surface area (Å²) in [5, 5.41) is 0.890. The highest BCUT2D eigenvalue weighted by Gasteiger charge is 2.09. The van der Waals surface area contributed by atoms with Gasteiger partial charge in [0.2, 0.25) is 0 Å². The second kappa shape index (κ2) is 5.17. The lowest BCUT2D eigenvalue weighted by Crippen LogP contribution is -2.04. The van der Waals surface area contributed by atoms with Crippen molar-refractivity contribution in [1.82, 2.24) is 4.57 Å². The molecule has 0 spiro atoms. The van der Waals surface area contributed by atoms with Gasteiger partial charge in [-0.2, -0.15) is 0 Å². The molecule has 0 amide bonds. The second-order valence-electron chi connectivity index (χ2n) is 3.90. The van der Waals surface area contributed by atoms with E-state index < -0.39 is 6.43 Å². The average molecular weight is 239 g/mol. The second-order valence-corrected chi connectivity index (χ2v) is 3.90. The Labute approximate surface area is 98.8 Å². The monoisotopic (exact) mass is 239 g/mol. The Bertz CT molecular complexity index is 493.